The van der Waals surface area contributed by atoms with Gasteiger partial charge in [-0.15, -0.1) is 0 Å². The van der Waals surface area contributed by atoms with Gasteiger partial charge in [0.25, 0.3) is 0 Å². The molecule has 0 bridgehead atoms. The molecule has 0 unspecified atom stereocenters. The Morgan fingerprint density at radius 2 is 1.72 bits per heavy atom. The quantitative estimate of drug-likeness (QED) is 0.361. The molecule has 0 aliphatic heterocycles. The van der Waals surface area contributed by atoms with Crippen molar-refractivity contribution in [1.82, 2.24) is 4.90 Å². The standard InChI is InChI=1S/C26H29FN2O6S/c1-5-18(2)29(26(30)28-21-7-6-8-22(16-21)33-3)17-19-9-14-24(34-4)25(15-19)35-36(31,32)23-12-10-20(27)11-13-23/h6-16,18H,5,17H2,1-4H3,(H,28,30)/t18-/m1/s1. The molecule has 1 atom stereocenters. The molecule has 0 aromatic heterocycles. The monoisotopic (exact) mass is 516 g/mol. The lowest BCUT2D eigenvalue weighted by atomic mass is 10.1. The Labute approximate surface area is 210 Å². The summed E-state index contributed by atoms with van der Waals surface area (Å²) in [5.41, 5.74) is 1.21. The highest BCUT2D eigenvalue weighted by atomic mass is 32.2. The SMILES string of the molecule is CC[C@@H](C)N(Cc1ccc(OC)c(OS(=O)(=O)c2ccc(F)cc2)c1)C(=O)Nc1cccc(OC)c1. The molecule has 2 amide bonds. The van der Waals surface area contributed by atoms with Gasteiger partial charge in [0.15, 0.2) is 11.5 Å². The van der Waals surface area contributed by atoms with Crippen molar-refractivity contribution in [2.45, 2.75) is 37.8 Å². The predicted molar refractivity (Wildman–Crippen MR) is 135 cm³/mol. The molecular weight excluding hydrogens is 487 g/mol. The summed E-state index contributed by atoms with van der Waals surface area (Å²) in [5.74, 6) is 0.199. The van der Waals surface area contributed by atoms with Crippen LogP contribution in [0.25, 0.3) is 0 Å². The van der Waals surface area contributed by atoms with Gasteiger partial charge in [-0.25, -0.2) is 9.18 Å². The van der Waals surface area contributed by atoms with Gasteiger partial charge in [0.1, 0.15) is 16.5 Å². The number of carbonyl (C=O) groups excluding carboxylic acids is 1. The van der Waals surface area contributed by atoms with Crippen molar-refractivity contribution in [3.05, 3.63) is 78.1 Å². The Kier molecular flexibility index (Phi) is 8.76. The number of amides is 2. The van der Waals surface area contributed by atoms with Gasteiger partial charge in [0.2, 0.25) is 0 Å². The van der Waals surface area contributed by atoms with Crippen LogP contribution in [0.5, 0.6) is 17.2 Å². The van der Waals surface area contributed by atoms with Crippen molar-refractivity contribution in [2.75, 3.05) is 19.5 Å². The van der Waals surface area contributed by atoms with Gasteiger partial charge in [0.05, 0.1) is 14.2 Å². The van der Waals surface area contributed by atoms with Crippen molar-refractivity contribution >= 4 is 21.8 Å². The average molecular weight is 517 g/mol. The number of halogens is 1. The van der Waals surface area contributed by atoms with E-state index in [1.165, 1.54) is 13.2 Å². The molecule has 10 heteroatoms. The van der Waals surface area contributed by atoms with Crippen LogP contribution in [0, 0.1) is 5.82 Å². The number of anilines is 1. The van der Waals surface area contributed by atoms with Gasteiger partial charge in [-0.1, -0.05) is 19.1 Å². The highest BCUT2D eigenvalue weighted by molar-refractivity contribution is 7.87. The molecule has 3 rings (SSSR count). The summed E-state index contributed by atoms with van der Waals surface area (Å²) < 4.78 is 54.5. The molecule has 3 aromatic carbocycles. The van der Waals surface area contributed by atoms with Gasteiger partial charge in [-0.3, -0.25) is 0 Å². The number of hydrogen-bond acceptors (Lipinski definition) is 6. The van der Waals surface area contributed by atoms with Gasteiger partial charge in [-0.2, -0.15) is 8.42 Å². The molecule has 0 radical (unpaired) electrons. The molecule has 0 aliphatic carbocycles. The van der Waals surface area contributed by atoms with Crippen molar-refractivity contribution in [2.24, 2.45) is 0 Å². The minimum atomic E-state index is -4.24. The number of carbonyl (C=O) groups is 1. The van der Waals surface area contributed by atoms with E-state index in [0.29, 0.717) is 23.4 Å². The summed E-state index contributed by atoms with van der Waals surface area (Å²) in [6.45, 7) is 4.07. The summed E-state index contributed by atoms with van der Waals surface area (Å²) in [5, 5.41) is 2.88. The number of benzene rings is 3. The van der Waals surface area contributed by atoms with Crippen molar-refractivity contribution in [3.8, 4) is 17.2 Å². The Balaban J connectivity index is 1.86. The largest absolute Gasteiger partial charge is 0.497 e. The maximum absolute atomic E-state index is 13.2. The third-order valence-electron chi connectivity index (χ3n) is 5.59. The van der Waals surface area contributed by atoms with Crippen LogP contribution in [-0.2, 0) is 16.7 Å². The smallest absolute Gasteiger partial charge is 0.339 e. The van der Waals surface area contributed by atoms with Crippen LogP contribution < -0.4 is 19.0 Å². The number of rotatable bonds is 10. The van der Waals surface area contributed by atoms with E-state index in [9.17, 15) is 17.6 Å². The Hall–Kier alpha value is -3.79. The van der Waals surface area contributed by atoms with E-state index < -0.39 is 15.9 Å². The topological polar surface area (TPSA) is 94.2 Å². The first-order chi connectivity index (χ1) is 17.2. The second-order valence-corrected chi connectivity index (χ2v) is 9.57. The molecule has 3 aromatic rings. The fourth-order valence-electron chi connectivity index (χ4n) is 3.39. The fraction of sp³-hybridized carbons (Fsp3) is 0.269. The van der Waals surface area contributed by atoms with Crippen LogP contribution in [0.2, 0.25) is 0 Å². The third kappa shape index (κ3) is 6.66. The summed E-state index contributed by atoms with van der Waals surface area (Å²) >= 11 is 0. The van der Waals surface area contributed by atoms with Gasteiger partial charge in [0, 0.05) is 24.3 Å². The lowest BCUT2D eigenvalue weighted by Gasteiger charge is -2.29. The third-order valence-corrected chi connectivity index (χ3v) is 6.84. The second kappa shape index (κ2) is 11.8. The van der Waals surface area contributed by atoms with Crippen molar-refractivity contribution in [3.63, 3.8) is 0 Å². The van der Waals surface area contributed by atoms with Crippen LogP contribution in [0.15, 0.2) is 71.6 Å². The number of nitrogens with zero attached hydrogens (tertiary/aromatic N) is 1. The van der Waals surface area contributed by atoms with E-state index in [-0.39, 0.29) is 35.0 Å². The first-order valence-electron chi connectivity index (χ1n) is 11.3. The van der Waals surface area contributed by atoms with Crippen molar-refractivity contribution < 1.29 is 31.3 Å². The van der Waals surface area contributed by atoms with Crippen LogP contribution in [0.1, 0.15) is 25.8 Å². The average Bonchev–Trinajstić information content (AvgIpc) is 2.87. The molecule has 0 saturated heterocycles. The van der Waals surface area contributed by atoms with Crippen LogP contribution >= 0.6 is 0 Å². The molecule has 8 nitrogen and oxygen atoms in total. The minimum Gasteiger partial charge on any atom is -0.497 e. The zero-order valence-corrected chi connectivity index (χ0v) is 21.3. The van der Waals surface area contributed by atoms with Gasteiger partial charge < -0.3 is 23.9 Å². The summed E-state index contributed by atoms with van der Waals surface area (Å²) in [7, 11) is -1.31. The second-order valence-electron chi connectivity index (χ2n) is 8.02. The Bertz CT molecular complexity index is 1300. The number of ether oxygens (including phenoxy) is 2. The van der Waals surface area contributed by atoms with Crippen LogP contribution in [-0.4, -0.2) is 39.6 Å². The number of methoxy groups -OCH3 is 2. The number of nitrogens with one attached hydrogen (secondary N) is 1. The fourth-order valence-corrected chi connectivity index (χ4v) is 4.33. The van der Waals surface area contributed by atoms with Gasteiger partial charge in [-0.05, 0) is 67.4 Å². The summed E-state index contributed by atoms with van der Waals surface area (Å²) in [4.78, 5) is 14.6. The summed E-state index contributed by atoms with van der Waals surface area (Å²) in [6.07, 6.45) is 0.698. The van der Waals surface area contributed by atoms with E-state index in [1.54, 1.807) is 48.4 Å². The van der Waals surface area contributed by atoms with Crippen LogP contribution in [0.3, 0.4) is 0 Å². The highest BCUT2D eigenvalue weighted by Gasteiger charge is 2.23. The normalized spacial score (nSPS) is 11.9. The Morgan fingerprint density at radius 3 is 2.36 bits per heavy atom. The van der Waals surface area contributed by atoms with Crippen LogP contribution in [0.4, 0.5) is 14.9 Å². The van der Waals surface area contributed by atoms with E-state index >= 15 is 0 Å². The number of urea groups is 1. The molecule has 0 aliphatic rings. The van der Waals surface area contributed by atoms with E-state index in [1.807, 2.05) is 13.8 Å². The molecule has 1 N–H and O–H groups in total. The van der Waals surface area contributed by atoms with Gasteiger partial charge >= 0.3 is 16.1 Å². The molecule has 0 fully saturated rings. The molecule has 0 saturated carbocycles. The zero-order chi connectivity index (χ0) is 26.3. The molecule has 0 spiro atoms. The minimum absolute atomic E-state index is 0.0448. The Morgan fingerprint density at radius 1 is 1.00 bits per heavy atom. The molecule has 192 valence electrons. The van der Waals surface area contributed by atoms with E-state index in [2.05, 4.69) is 5.32 Å². The van der Waals surface area contributed by atoms with E-state index in [0.717, 1.165) is 24.3 Å². The molecular formula is C26H29FN2O6S. The summed E-state index contributed by atoms with van der Waals surface area (Å²) in [6, 6.07) is 15.7. The lowest BCUT2D eigenvalue weighted by molar-refractivity contribution is 0.187. The zero-order valence-electron chi connectivity index (χ0n) is 20.5. The number of hydrogen-bond donors (Lipinski definition) is 1. The van der Waals surface area contributed by atoms with E-state index in [4.69, 9.17) is 13.7 Å². The molecule has 0 heterocycles. The molecule has 36 heavy (non-hydrogen) atoms. The highest BCUT2D eigenvalue weighted by Crippen LogP contribution is 2.32. The first-order valence-corrected chi connectivity index (χ1v) is 12.7. The van der Waals surface area contributed by atoms with Crippen molar-refractivity contribution in [1.29, 1.82) is 0 Å². The maximum Gasteiger partial charge on any atom is 0.339 e. The first kappa shape index (κ1) is 26.8. The maximum atomic E-state index is 13.2. The predicted octanol–water partition coefficient (Wildman–Crippen LogP) is 5.44. The lowest BCUT2D eigenvalue weighted by Crippen LogP contribution is -2.40.